The lowest BCUT2D eigenvalue weighted by Gasteiger charge is -2.28. The van der Waals surface area contributed by atoms with Crippen molar-refractivity contribution >= 4 is 34.1 Å². The lowest BCUT2D eigenvalue weighted by atomic mass is 10.1. The zero-order valence-corrected chi connectivity index (χ0v) is 19.8. The van der Waals surface area contributed by atoms with Gasteiger partial charge >= 0.3 is 0 Å². The van der Waals surface area contributed by atoms with Gasteiger partial charge in [0.05, 0.1) is 11.0 Å². The number of carbonyl (C=O) groups is 1. The number of aliphatic hydroxyl groups excluding tert-OH is 1. The highest BCUT2D eigenvalue weighted by Crippen LogP contribution is 2.23. The van der Waals surface area contributed by atoms with E-state index in [1.54, 1.807) is 6.08 Å². The van der Waals surface area contributed by atoms with E-state index in [-0.39, 0.29) is 5.78 Å². The van der Waals surface area contributed by atoms with Crippen LogP contribution in [0.15, 0.2) is 54.1 Å². The average Bonchev–Trinajstić information content (AvgIpc) is 3.34. The van der Waals surface area contributed by atoms with Crippen LogP contribution < -0.4 is 0 Å². The van der Waals surface area contributed by atoms with Crippen molar-refractivity contribution in [2.24, 2.45) is 11.8 Å². The summed E-state index contributed by atoms with van der Waals surface area (Å²) >= 11 is 1.45. The third-order valence-corrected chi connectivity index (χ3v) is 6.01. The number of allylic oxidation sites excluding steroid dienone is 1. The second-order valence-electron chi connectivity index (χ2n) is 9.09. The van der Waals surface area contributed by atoms with Crippen LogP contribution in [0.1, 0.15) is 42.9 Å². The molecule has 0 aliphatic carbocycles. The topological polar surface area (TPSA) is 45.5 Å². The Balaban J connectivity index is 1.77. The fraction of sp³-hybridized carbons (Fsp3) is 0.423. The van der Waals surface area contributed by atoms with E-state index in [9.17, 15) is 9.90 Å². The summed E-state index contributed by atoms with van der Waals surface area (Å²) in [7, 11) is 0. The number of para-hydroxylation sites is 1. The standard InChI is InChI=1S/C26H34N2O2S/c1-19(2)14-27(15-20(3)4)17-22(29)18-28-16-21(23-8-5-6-9-24(23)28)11-12-25(30)26-10-7-13-31-26/h5-13,16,19-20,22,29H,14-15,17-18H2,1-4H3. The molecule has 0 saturated carbocycles. The normalized spacial score (nSPS) is 13.3. The van der Waals surface area contributed by atoms with E-state index in [1.165, 1.54) is 11.3 Å². The van der Waals surface area contributed by atoms with Crippen LogP contribution in [0.4, 0.5) is 0 Å². The van der Waals surface area contributed by atoms with Crippen molar-refractivity contribution in [3.63, 3.8) is 0 Å². The SMILES string of the molecule is CC(C)CN(CC(C)C)CC(O)Cn1cc(C=CC(=O)c2cccs2)c2ccccc21. The first-order chi connectivity index (χ1) is 14.8. The van der Waals surface area contributed by atoms with Gasteiger partial charge in [-0.25, -0.2) is 0 Å². The minimum Gasteiger partial charge on any atom is -0.390 e. The molecule has 166 valence electrons. The predicted octanol–water partition coefficient (Wildman–Crippen LogP) is 5.57. The number of ketones is 1. The molecule has 31 heavy (non-hydrogen) atoms. The predicted molar refractivity (Wildman–Crippen MR) is 132 cm³/mol. The Morgan fingerprint density at radius 2 is 1.77 bits per heavy atom. The molecule has 0 fully saturated rings. The molecule has 1 atom stereocenters. The Labute approximate surface area is 189 Å². The van der Waals surface area contributed by atoms with Crippen molar-refractivity contribution in [3.05, 3.63) is 64.5 Å². The Morgan fingerprint density at radius 1 is 1.06 bits per heavy atom. The van der Waals surface area contributed by atoms with Gasteiger partial charge in [-0.1, -0.05) is 52.0 Å². The number of rotatable bonds is 11. The molecule has 5 heteroatoms. The van der Waals surface area contributed by atoms with E-state index in [4.69, 9.17) is 0 Å². The zero-order chi connectivity index (χ0) is 22.4. The molecule has 4 nitrogen and oxygen atoms in total. The summed E-state index contributed by atoms with van der Waals surface area (Å²) in [5.74, 6) is 1.15. The first kappa shape index (κ1) is 23.5. The number of aliphatic hydroxyl groups is 1. The van der Waals surface area contributed by atoms with Crippen molar-refractivity contribution in [1.82, 2.24) is 9.47 Å². The number of aromatic nitrogens is 1. The monoisotopic (exact) mass is 438 g/mol. The molecule has 1 unspecified atom stereocenters. The molecule has 1 N–H and O–H groups in total. The fourth-order valence-electron chi connectivity index (χ4n) is 4.06. The van der Waals surface area contributed by atoms with Crippen LogP contribution in [-0.2, 0) is 6.54 Å². The molecule has 2 heterocycles. The number of nitrogens with zero attached hydrogens (tertiary/aromatic N) is 2. The first-order valence-electron chi connectivity index (χ1n) is 11.1. The third kappa shape index (κ3) is 6.63. The molecule has 0 spiro atoms. The number of benzene rings is 1. The molecular weight excluding hydrogens is 404 g/mol. The largest absolute Gasteiger partial charge is 0.390 e. The van der Waals surface area contributed by atoms with Crippen molar-refractivity contribution in [1.29, 1.82) is 0 Å². The van der Waals surface area contributed by atoms with Crippen LogP contribution in [-0.4, -0.2) is 46.1 Å². The minimum atomic E-state index is -0.460. The fourth-order valence-corrected chi connectivity index (χ4v) is 4.71. The third-order valence-electron chi connectivity index (χ3n) is 5.12. The molecule has 3 rings (SSSR count). The van der Waals surface area contributed by atoms with Crippen LogP contribution in [0.25, 0.3) is 17.0 Å². The van der Waals surface area contributed by atoms with Gasteiger partial charge in [0.2, 0.25) is 0 Å². The van der Waals surface area contributed by atoms with E-state index < -0.39 is 6.10 Å². The molecule has 0 radical (unpaired) electrons. The second-order valence-corrected chi connectivity index (χ2v) is 10.0. The quantitative estimate of drug-likeness (QED) is 0.314. The Hall–Kier alpha value is -2.21. The minimum absolute atomic E-state index is 0.0184. The van der Waals surface area contributed by atoms with Gasteiger partial charge in [-0.3, -0.25) is 4.79 Å². The van der Waals surface area contributed by atoms with Crippen molar-refractivity contribution in [2.75, 3.05) is 19.6 Å². The van der Waals surface area contributed by atoms with Crippen LogP contribution in [0.2, 0.25) is 0 Å². The smallest absolute Gasteiger partial charge is 0.195 e. The maximum absolute atomic E-state index is 12.4. The van der Waals surface area contributed by atoms with Crippen LogP contribution in [0.3, 0.4) is 0 Å². The number of hydrogen-bond acceptors (Lipinski definition) is 4. The van der Waals surface area contributed by atoms with Gasteiger partial charge in [0.1, 0.15) is 0 Å². The molecule has 0 aliphatic rings. The molecule has 2 aromatic heterocycles. The lowest BCUT2D eigenvalue weighted by Crippen LogP contribution is -2.39. The highest BCUT2D eigenvalue weighted by Gasteiger charge is 2.16. The summed E-state index contributed by atoms with van der Waals surface area (Å²) in [6.07, 6.45) is 5.11. The van der Waals surface area contributed by atoms with Gasteiger partial charge < -0.3 is 14.6 Å². The maximum atomic E-state index is 12.4. The number of carbonyl (C=O) groups excluding carboxylic acids is 1. The van der Waals surface area contributed by atoms with E-state index >= 15 is 0 Å². The van der Waals surface area contributed by atoms with Crippen molar-refractivity contribution in [3.8, 4) is 0 Å². The van der Waals surface area contributed by atoms with Gasteiger partial charge in [0.15, 0.2) is 5.78 Å². The Bertz CT molecular complexity index is 992. The van der Waals surface area contributed by atoms with Gasteiger partial charge in [0, 0.05) is 48.8 Å². The first-order valence-corrected chi connectivity index (χ1v) is 12.0. The Morgan fingerprint density at radius 3 is 2.42 bits per heavy atom. The molecule has 0 amide bonds. The van der Waals surface area contributed by atoms with Gasteiger partial charge in [-0.15, -0.1) is 11.3 Å². The van der Waals surface area contributed by atoms with Gasteiger partial charge in [-0.05, 0) is 41.5 Å². The highest BCUT2D eigenvalue weighted by molar-refractivity contribution is 7.12. The molecule has 1 aromatic carbocycles. The summed E-state index contributed by atoms with van der Waals surface area (Å²) in [5, 5.41) is 13.9. The van der Waals surface area contributed by atoms with Crippen molar-refractivity contribution < 1.29 is 9.90 Å². The van der Waals surface area contributed by atoms with Gasteiger partial charge in [0.25, 0.3) is 0 Å². The van der Waals surface area contributed by atoms with Crippen LogP contribution in [0, 0.1) is 11.8 Å². The second kappa shape index (κ2) is 10.9. The number of fused-ring (bicyclic) bond motifs is 1. The van der Waals surface area contributed by atoms with E-state index in [0.717, 1.165) is 34.4 Å². The molecular formula is C26H34N2O2S. The zero-order valence-electron chi connectivity index (χ0n) is 19.0. The summed E-state index contributed by atoms with van der Waals surface area (Å²) < 4.78 is 2.11. The summed E-state index contributed by atoms with van der Waals surface area (Å²) in [5.41, 5.74) is 2.07. The summed E-state index contributed by atoms with van der Waals surface area (Å²) in [6.45, 7) is 12.0. The average molecular weight is 439 g/mol. The van der Waals surface area contributed by atoms with E-state index in [0.29, 0.717) is 24.9 Å². The Kier molecular flexibility index (Phi) is 8.24. The highest BCUT2D eigenvalue weighted by atomic mass is 32.1. The van der Waals surface area contributed by atoms with Crippen LogP contribution >= 0.6 is 11.3 Å². The lowest BCUT2D eigenvalue weighted by molar-refractivity contribution is 0.0869. The van der Waals surface area contributed by atoms with Crippen molar-refractivity contribution in [2.45, 2.75) is 40.3 Å². The van der Waals surface area contributed by atoms with Crippen LogP contribution in [0.5, 0.6) is 0 Å². The summed E-state index contributed by atoms with van der Waals surface area (Å²) in [4.78, 5) is 15.5. The molecule has 0 saturated heterocycles. The molecule has 0 aliphatic heterocycles. The van der Waals surface area contributed by atoms with Gasteiger partial charge in [-0.2, -0.15) is 0 Å². The number of hydrogen-bond donors (Lipinski definition) is 1. The molecule has 0 bridgehead atoms. The summed E-state index contributed by atoms with van der Waals surface area (Å²) in [6, 6.07) is 11.9. The van der Waals surface area contributed by atoms with E-state index in [2.05, 4.69) is 49.3 Å². The maximum Gasteiger partial charge on any atom is 0.195 e. The molecule has 3 aromatic rings. The number of thiophene rings is 1. The van der Waals surface area contributed by atoms with E-state index in [1.807, 2.05) is 41.9 Å².